The molecule has 94 valence electrons. The molecule has 0 fully saturated rings. The Morgan fingerprint density at radius 2 is 1.94 bits per heavy atom. The van der Waals surface area contributed by atoms with Crippen LogP contribution in [0, 0.1) is 0 Å². The summed E-state index contributed by atoms with van der Waals surface area (Å²) in [6.07, 6.45) is 1.65. The van der Waals surface area contributed by atoms with Gasteiger partial charge < -0.3 is 10.4 Å². The van der Waals surface area contributed by atoms with Gasteiger partial charge in [-0.2, -0.15) is 0 Å². The zero-order chi connectivity index (χ0) is 13.3. The van der Waals surface area contributed by atoms with Gasteiger partial charge in [0.25, 0.3) is 0 Å². The summed E-state index contributed by atoms with van der Waals surface area (Å²) in [6, 6.07) is 6.52. The summed E-state index contributed by atoms with van der Waals surface area (Å²) < 4.78 is 0. The van der Waals surface area contributed by atoms with Gasteiger partial charge in [-0.25, -0.2) is 4.79 Å². The first-order chi connectivity index (χ1) is 8.42. The van der Waals surface area contributed by atoms with Crippen LogP contribution in [0.1, 0.15) is 23.7 Å². The number of carbonyl (C=O) groups excluding carboxylic acids is 1. The molecule has 0 saturated carbocycles. The molecular formula is C13H12ClNO3. The molecule has 18 heavy (non-hydrogen) atoms. The molecule has 0 aromatic heterocycles. The highest BCUT2D eigenvalue weighted by Crippen LogP contribution is 2.26. The molecule has 1 aliphatic rings. The predicted molar refractivity (Wildman–Crippen MR) is 67.7 cm³/mol. The summed E-state index contributed by atoms with van der Waals surface area (Å²) in [6.45, 7) is 1.55. The van der Waals surface area contributed by atoms with E-state index in [1.807, 2.05) is 0 Å². The number of aliphatic carboxylic acids is 1. The summed E-state index contributed by atoms with van der Waals surface area (Å²) in [5.74, 6) is -1.15. The maximum Gasteiger partial charge on any atom is 0.329 e. The van der Waals surface area contributed by atoms with Crippen LogP contribution in [0.4, 0.5) is 0 Å². The van der Waals surface area contributed by atoms with E-state index in [0.29, 0.717) is 16.2 Å². The third-order valence-electron chi connectivity index (χ3n) is 2.98. The highest BCUT2D eigenvalue weighted by Gasteiger charge is 2.38. The summed E-state index contributed by atoms with van der Waals surface area (Å²) >= 11 is 5.75. The van der Waals surface area contributed by atoms with E-state index in [4.69, 9.17) is 16.7 Å². The van der Waals surface area contributed by atoms with Gasteiger partial charge in [-0.3, -0.25) is 4.79 Å². The van der Waals surface area contributed by atoms with Crippen molar-refractivity contribution in [3.8, 4) is 0 Å². The minimum atomic E-state index is -1.10. The van der Waals surface area contributed by atoms with Gasteiger partial charge in [0.05, 0.1) is 0 Å². The Hall–Kier alpha value is -1.81. The van der Waals surface area contributed by atoms with E-state index in [0.717, 1.165) is 0 Å². The fourth-order valence-electron chi connectivity index (χ4n) is 1.80. The maximum absolute atomic E-state index is 12.1. The molecule has 1 atom stereocenters. The normalized spacial score (nSPS) is 22.2. The lowest BCUT2D eigenvalue weighted by molar-refractivity contribution is -0.143. The maximum atomic E-state index is 12.1. The third-order valence-corrected chi connectivity index (χ3v) is 3.23. The molecule has 1 aromatic carbocycles. The topological polar surface area (TPSA) is 66.4 Å². The molecule has 2 rings (SSSR count). The first-order valence-electron chi connectivity index (χ1n) is 5.43. The van der Waals surface area contributed by atoms with Crippen molar-refractivity contribution in [2.75, 3.05) is 0 Å². The zero-order valence-electron chi connectivity index (χ0n) is 9.74. The number of ketones is 1. The standard InChI is InChI=1S/C13H12ClNO3/c1-13(12(17)18)6-9(7-15-13)11(16)8-2-4-10(14)5-3-8/h2-5,7,15H,6H2,1H3,(H,17,18)/t13-/m0/s1. The van der Waals surface area contributed by atoms with Crippen molar-refractivity contribution >= 4 is 23.4 Å². The summed E-state index contributed by atoms with van der Waals surface area (Å²) in [5, 5.41) is 12.3. The largest absolute Gasteiger partial charge is 0.480 e. The summed E-state index contributed by atoms with van der Waals surface area (Å²) in [7, 11) is 0. The Balaban J connectivity index is 2.17. The molecule has 0 spiro atoms. The van der Waals surface area contributed by atoms with Crippen LogP contribution in [-0.2, 0) is 4.79 Å². The van der Waals surface area contributed by atoms with E-state index in [-0.39, 0.29) is 12.2 Å². The monoisotopic (exact) mass is 265 g/mol. The first-order valence-corrected chi connectivity index (χ1v) is 5.80. The van der Waals surface area contributed by atoms with Gasteiger partial charge in [0.2, 0.25) is 0 Å². The second-order valence-corrected chi connectivity index (χ2v) is 4.90. The Kier molecular flexibility index (Phi) is 3.13. The third kappa shape index (κ3) is 2.24. The van der Waals surface area contributed by atoms with Crippen molar-refractivity contribution in [1.29, 1.82) is 0 Å². The molecule has 0 amide bonds. The van der Waals surface area contributed by atoms with Gasteiger partial charge in [0.1, 0.15) is 5.54 Å². The number of rotatable bonds is 3. The van der Waals surface area contributed by atoms with Crippen LogP contribution in [0.3, 0.4) is 0 Å². The lowest BCUT2D eigenvalue weighted by Gasteiger charge is -2.18. The van der Waals surface area contributed by atoms with E-state index in [1.165, 1.54) is 6.20 Å². The van der Waals surface area contributed by atoms with Crippen LogP contribution in [0.15, 0.2) is 36.0 Å². The lowest BCUT2D eigenvalue weighted by atomic mass is 9.93. The lowest BCUT2D eigenvalue weighted by Crippen LogP contribution is -2.43. The molecule has 0 saturated heterocycles. The van der Waals surface area contributed by atoms with Gasteiger partial charge in [0.15, 0.2) is 5.78 Å². The number of carboxylic acids is 1. The van der Waals surface area contributed by atoms with Gasteiger partial charge in [-0.15, -0.1) is 0 Å². The minimum Gasteiger partial charge on any atom is -0.480 e. The molecule has 1 aliphatic heterocycles. The van der Waals surface area contributed by atoms with Gasteiger partial charge >= 0.3 is 5.97 Å². The van der Waals surface area contributed by atoms with Gasteiger partial charge in [-0.05, 0) is 31.2 Å². The van der Waals surface area contributed by atoms with Gasteiger partial charge in [0, 0.05) is 28.8 Å². The van der Waals surface area contributed by atoms with E-state index in [2.05, 4.69) is 5.32 Å². The predicted octanol–water partition coefficient (Wildman–Crippen LogP) is 2.24. The van der Waals surface area contributed by atoms with E-state index in [1.54, 1.807) is 31.2 Å². The Labute approximate surface area is 109 Å². The van der Waals surface area contributed by atoms with Gasteiger partial charge in [-0.1, -0.05) is 11.6 Å². The number of carboxylic acid groups (broad SMARTS) is 1. The molecule has 0 radical (unpaired) electrons. The molecule has 5 heteroatoms. The molecule has 1 heterocycles. The number of hydrogen-bond acceptors (Lipinski definition) is 3. The van der Waals surface area contributed by atoms with Crippen LogP contribution >= 0.6 is 11.6 Å². The fourth-order valence-corrected chi connectivity index (χ4v) is 1.93. The molecule has 2 N–H and O–H groups in total. The molecular weight excluding hydrogens is 254 g/mol. The van der Waals surface area contributed by atoms with Crippen molar-refractivity contribution in [3.05, 3.63) is 46.6 Å². The van der Waals surface area contributed by atoms with Crippen molar-refractivity contribution < 1.29 is 14.7 Å². The smallest absolute Gasteiger partial charge is 0.329 e. The van der Waals surface area contributed by atoms with Crippen molar-refractivity contribution in [2.24, 2.45) is 0 Å². The zero-order valence-corrected chi connectivity index (χ0v) is 10.5. The molecule has 0 aliphatic carbocycles. The molecule has 0 bridgehead atoms. The SMILES string of the molecule is C[C@@]1(C(=O)O)CC(C(=O)c2ccc(Cl)cc2)=CN1. The number of hydrogen-bond donors (Lipinski definition) is 2. The van der Waals surface area contributed by atoms with E-state index >= 15 is 0 Å². The number of nitrogens with one attached hydrogen (secondary N) is 1. The average molecular weight is 266 g/mol. The average Bonchev–Trinajstić information content (AvgIpc) is 2.73. The fraction of sp³-hybridized carbons (Fsp3) is 0.231. The van der Waals surface area contributed by atoms with Crippen molar-refractivity contribution in [2.45, 2.75) is 18.9 Å². The number of benzene rings is 1. The highest BCUT2D eigenvalue weighted by molar-refractivity contribution is 6.30. The van der Waals surface area contributed by atoms with Crippen LogP contribution in [-0.4, -0.2) is 22.4 Å². The number of Topliss-reactive ketones (excluding diaryl/α,β-unsaturated/α-hetero) is 1. The molecule has 4 nitrogen and oxygen atoms in total. The molecule has 1 aromatic rings. The Bertz CT molecular complexity index is 536. The summed E-state index contributed by atoms with van der Waals surface area (Å²) in [5.41, 5.74) is -0.137. The minimum absolute atomic E-state index is 0.170. The highest BCUT2D eigenvalue weighted by atomic mass is 35.5. The van der Waals surface area contributed by atoms with Crippen molar-refractivity contribution in [3.63, 3.8) is 0 Å². The Morgan fingerprint density at radius 1 is 1.33 bits per heavy atom. The van der Waals surface area contributed by atoms with Crippen LogP contribution in [0.5, 0.6) is 0 Å². The summed E-state index contributed by atoms with van der Waals surface area (Å²) in [4.78, 5) is 23.2. The number of halogens is 1. The second-order valence-electron chi connectivity index (χ2n) is 4.46. The van der Waals surface area contributed by atoms with Crippen LogP contribution in [0.2, 0.25) is 5.02 Å². The Morgan fingerprint density at radius 3 is 2.44 bits per heavy atom. The first kappa shape index (κ1) is 12.6. The van der Waals surface area contributed by atoms with E-state index in [9.17, 15) is 9.59 Å². The number of carbonyl (C=O) groups is 2. The quantitative estimate of drug-likeness (QED) is 0.823. The second kappa shape index (κ2) is 4.46. The van der Waals surface area contributed by atoms with Crippen LogP contribution in [0.25, 0.3) is 0 Å². The van der Waals surface area contributed by atoms with Crippen LogP contribution < -0.4 is 5.32 Å². The molecule has 0 unspecified atom stereocenters. The van der Waals surface area contributed by atoms with E-state index < -0.39 is 11.5 Å². The van der Waals surface area contributed by atoms with Crippen molar-refractivity contribution in [1.82, 2.24) is 5.32 Å².